The van der Waals surface area contributed by atoms with Crippen LogP contribution in [0.25, 0.3) is 0 Å². The molecule has 0 spiro atoms. The molecule has 2 heteroatoms. The average Bonchev–Trinajstić information content (AvgIpc) is 2.47. The summed E-state index contributed by atoms with van der Waals surface area (Å²) in [6.07, 6.45) is 5.88. The summed E-state index contributed by atoms with van der Waals surface area (Å²) in [5, 5.41) is 0. The van der Waals surface area contributed by atoms with Crippen LogP contribution in [0.1, 0.15) is 58.1 Å². The van der Waals surface area contributed by atoms with E-state index in [0.717, 1.165) is 0 Å². The second-order valence-electron chi connectivity index (χ2n) is 5.43. The van der Waals surface area contributed by atoms with Crippen molar-refractivity contribution in [1.82, 2.24) is 9.55 Å². The van der Waals surface area contributed by atoms with Gasteiger partial charge in [-0.3, -0.25) is 0 Å². The summed E-state index contributed by atoms with van der Waals surface area (Å²) in [6.45, 7) is 9.03. The van der Waals surface area contributed by atoms with E-state index < -0.39 is 0 Å². The van der Waals surface area contributed by atoms with Crippen molar-refractivity contribution in [1.29, 1.82) is 0 Å². The van der Waals surface area contributed by atoms with Gasteiger partial charge in [0, 0.05) is 23.3 Å². The summed E-state index contributed by atoms with van der Waals surface area (Å²) in [5.41, 5.74) is 1.60. The predicted octanol–water partition coefficient (Wildman–Crippen LogP) is 3.08. The predicted molar refractivity (Wildman–Crippen MR) is 58.6 cm³/mol. The zero-order valence-corrected chi connectivity index (χ0v) is 9.67. The molecule has 0 N–H and O–H groups in total. The molecule has 1 aromatic rings. The molecule has 1 unspecified atom stereocenters. The van der Waals surface area contributed by atoms with Crippen LogP contribution in [-0.2, 0) is 11.8 Å². The van der Waals surface area contributed by atoms with Gasteiger partial charge in [-0.2, -0.15) is 0 Å². The molecule has 1 atom stereocenters. The minimum Gasteiger partial charge on any atom is -0.329 e. The van der Waals surface area contributed by atoms with Crippen molar-refractivity contribution < 1.29 is 0 Å². The molecular formula is C12H20N2. The number of nitrogens with zero attached hydrogens (tertiary/aromatic N) is 2. The highest BCUT2D eigenvalue weighted by atomic mass is 15.1. The molecule has 0 aromatic carbocycles. The van der Waals surface area contributed by atoms with Gasteiger partial charge < -0.3 is 4.57 Å². The molecule has 0 saturated heterocycles. The van der Waals surface area contributed by atoms with Crippen LogP contribution in [0.4, 0.5) is 0 Å². The first kappa shape index (κ1) is 9.75. The Morgan fingerprint density at radius 2 is 2.14 bits per heavy atom. The van der Waals surface area contributed by atoms with Gasteiger partial charge in [0.1, 0.15) is 5.82 Å². The molecule has 2 rings (SSSR count). The molecule has 0 fully saturated rings. The highest BCUT2D eigenvalue weighted by molar-refractivity contribution is 5.15. The smallest absolute Gasteiger partial charge is 0.114 e. The summed E-state index contributed by atoms with van der Waals surface area (Å²) in [7, 11) is 0. The van der Waals surface area contributed by atoms with E-state index >= 15 is 0 Å². The monoisotopic (exact) mass is 192 g/mol. The Kier molecular flexibility index (Phi) is 2.17. The largest absolute Gasteiger partial charge is 0.329 e. The molecule has 78 valence electrons. The van der Waals surface area contributed by atoms with E-state index in [4.69, 9.17) is 0 Å². The Morgan fingerprint density at radius 1 is 1.43 bits per heavy atom. The molecule has 1 aliphatic rings. The lowest BCUT2D eigenvalue weighted by atomic mass is 9.94. The zero-order valence-electron chi connectivity index (χ0n) is 9.67. The maximum absolute atomic E-state index is 4.58. The highest BCUT2D eigenvalue weighted by Crippen LogP contribution is 2.31. The number of fused-ring (bicyclic) bond motifs is 1. The maximum atomic E-state index is 4.58. The number of aryl methyl sites for hydroxylation is 1. The Bertz CT molecular complexity index is 331. The van der Waals surface area contributed by atoms with Crippen LogP contribution < -0.4 is 0 Å². The van der Waals surface area contributed by atoms with E-state index in [1.54, 1.807) is 0 Å². The number of aromatic nitrogens is 2. The summed E-state index contributed by atoms with van der Waals surface area (Å²) in [5.74, 6) is 1.25. The lowest BCUT2D eigenvalue weighted by molar-refractivity contribution is 0.387. The molecule has 0 aliphatic carbocycles. The first-order chi connectivity index (χ1) is 6.50. The van der Waals surface area contributed by atoms with Crippen molar-refractivity contribution in [3.8, 4) is 0 Å². The van der Waals surface area contributed by atoms with Crippen molar-refractivity contribution in [2.75, 3.05) is 0 Å². The molecule has 0 amide bonds. The highest BCUT2D eigenvalue weighted by Gasteiger charge is 2.26. The number of imidazole rings is 1. The van der Waals surface area contributed by atoms with Crippen LogP contribution >= 0.6 is 0 Å². The van der Waals surface area contributed by atoms with Crippen LogP contribution in [0.2, 0.25) is 0 Å². The molecule has 1 aromatic heterocycles. The zero-order chi connectivity index (χ0) is 10.3. The second kappa shape index (κ2) is 3.11. The Hall–Kier alpha value is -0.790. The van der Waals surface area contributed by atoms with Crippen LogP contribution in [-0.4, -0.2) is 9.55 Å². The normalized spacial score (nSPS) is 22.1. The van der Waals surface area contributed by atoms with E-state index in [-0.39, 0.29) is 5.41 Å². The van der Waals surface area contributed by atoms with Crippen molar-refractivity contribution >= 4 is 0 Å². The van der Waals surface area contributed by atoms with E-state index in [1.165, 1.54) is 30.8 Å². The quantitative estimate of drug-likeness (QED) is 0.617. The summed E-state index contributed by atoms with van der Waals surface area (Å²) in [4.78, 5) is 4.58. The van der Waals surface area contributed by atoms with E-state index in [0.29, 0.717) is 6.04 Å². The molecule has 1 aliphatic heterocycles. The van der Waals surface area contributed by atoms with Crippen LogP contribution in [0.3, 0.4) is 0 Å². The number of rotatable bonds is 0. The van der Waals surface area contributed by atoms with E-state index in [2.05, 4.69) is 43.4 Å². The van der Waals surface area contributed by atoms with Gasteiger partial charge in [0.25, 0.3) is 0 Å². The fraction of sp³-hybridized carbons (Fsp3) is 0.750. The van der Waals surface area contributed by atoms with Gasteiger partial charge in [0.2, 0.25) is 0 Å². The van der Waals surface area contributed by atoms with Gasteiger partial charge >= 0.3 is 0 Å². The Morgan fingerprint density at radius 3 is 2.79 bits per heavy atom. The van der Waals surface area contributed by atoms with Crippen molar-refractivity contribution in [3.63, 3.8) is 0 Å². The molecular weight excluding hydrogens is 172 g/mol. The lowest BCUT2D eigenvalue weighted by Gasteiger charge is -2.28. The molecule has 0 bridgehead atoms. The summed E-state index contributed by atoms with van der Waals surface area (Å²) in [6, 6.07) is 0.635. The first-order valence-corrected chi connectivity index (χ1v) is 5.57. The average molecular weight is 192 g/mol. The van der Waals surface area contributed by atoms with Gasteiger partial charge in [-0.15, -0.1) is 0 Å². The minimum absolute atomic E-state index is 0.170. The van der Waals surface area contributed by atoms with Crippen LogP contribution in [0, 0.1) is 0 Å². The van der Waals surface area contributed by atoms with E-state index in [1.807, 2.05) is 0 Å². The van der Waals surface area contributed by atoms with Crippen LogP contribution in [0.5, 0.6) is 0 Å². The molecule has 2 heterocycles. The minimum atomic E-state index is 0.170. The molecule has 0 radical (unpaired) electrons. The fourth-order valence-electron chi connectivity index (χ4n) is 2.34. The maximum Gasteiger partial charge on any atom is 0.114 e. The third-order valence-corrected chi connectivity index (χ3v) is 3.04. The van der Waals surface area contributed by atoms with Crippen molar-refractivity contribution in [3.05, 3.63) is 17.7 Å². The first-order valence-electron chi connectivity index (χ1n) is 5.57. The molecule has 0 saturated carbocycles. The van der Waals surface area contributed by atoms with Crippen LogP contribution in [0.15, 0.2) is 6.20 Å². The third-order valence-electron chi connectivity index (χ3n) is 3.04. The van der Waals surface area contributed by atoms with Gasteiger partial charge in [-0.05, 0) is 26.2 Å². The van der Waals surface area contributed by atoms with Gasteiger partial charge in [-0.1, -0.05) is 20.8 Å². The van der Waals surface area contributed by atoms with Gasteiger partial charge in [0.05, 0.1) is 0 Å². The summed E-state index contributed by atoms with van der Waals surface area (Å²) >= 11 is 0. The van der Waals surface area contributed by atoms with Gasteiger partial charge in [-0.25, -0.2) is 4.98 Å². The standard InChI is InChI=1S/C12H20N2/c1-9-6-5-7-10-8-13-11(14(9)10)12(2,3)4/h8-9H,5-7H2,1-4H3. The SMILES string of the molecule is CC1CCCc2cnc(C(C)(C)C)n21. The van der Waals surface area contributed by atoms with Crippen molar-refractivity contribution in [2.45, 2.75) is 58.4 Å². The Labute approximate surface area is 86.3 Å². The molecule has 2 nitrogen and oxygen atoms in total. The van der Waals surface area contributed by atoms with E-state index in [9.17, 15) is 0 Å². The molecule has 14 heavy (non-hydrogen) atoms. The third kappa shape index (κ3) is 1.47. The fourth-order valence-corrected chi connectivity index (χ4v) is 2.34. The van der Waals surface area contributed by atoms with Crippen molar-refractivity contribution in [2.24, 2.45) is 0 Å². The summed E-state index contributed by atoms with van der Waals surface area (Å²) < 4.78 is 2.45. The lowest BCUT2D eigenvalue weighted by Crippen LogP contribution is -2.24. The Balaban J connectivity index is 2.49. The van der Waals surface area contributed by atoms with Gasteiger partial charge in [0.15, 0.2) is 0 Å². The topological polar surface area (TPSA) is 17.8 Å². The second-order valence-corrected chi connectivity index (χ2v) is 5.43. The number of hydrogen-bond donors (Lipinski definition) is 0. The number of hydrogen-bond acceptors (Lipinski definition) is 1.